The Kier molecular flexibility index (Phi) is 5.76. The van der Waals surface area contributed by atoms with E-state index in [-0.39, 0.29) is 5.91 Å². The predicted octanol–water partition coefficient (Wildman–Crippen LogP) is 3.76. The van der Waals surface area contributed by atoms with E-state index in [1.165, 1.54) is 0 Å². The summed E-state index contributed by atoms with van der Waals surface area (Å²) >= 11 is 0. The molecule has 0 saturated carbocycles. The largest absolute Gasteiger partial charge is 0.493 e. The third-order valence-electron chi connectivity index (χ3n) is 4.34. The first kappa shape index (κ1) is 18.5. The summed E-state index contributed by atoms with van der Waals surface area (Å²) in [6, 6.07) is 15.3. The maximum absolute atomic E-state index is 12.8. The number of anilines is 1. The van der Waals surface area contributed by atoms with Crippen LogP contribution in [0.2, 0.25) is 0 Å². The molecule has 0 aliphatic heterocycles. The molecule has 0 radical (unpaired) electrons. The number of hydrogen-bond donors (Lipinski definition) is 1. The van der Waals surface area contributed by atoms with Crippen molar-refractivity contribution in [3.63, 3.8) is 0 Å². The van der Waals surface area contributed by atoms with E-state index in [1.54, 1.807) is 38.6 Å². The van der Waals surface area contributed by atoms with Crippen LogP contribution < -0.4 is 14.8 Å². The van der Waals surface area contributed by atoms with E-state index in [4.69, 9.17) is 9.47 Å². The van der Waals surface area contributed by atoms with E-state index in [0.717, 1.165) is 11.3 Å². The molecule has 3 aromatic rings. The van der Waals surface area contributed by atoms with Gasteiger partial charge in [-0.3, -0.25) is 9.48 Å². The third kappa shape index (κ3) is 4.11. The summed E-state index contributed by atoms with van der Waals surface area (Å²) in [5.74, 6) is 0.976. The maximum Gasteiger partial charge on any atom is 0.259 e. The minimum atomic E-state index is -0.196. The average Bonchev–Trinajstić information content (AvgIpc) is 3.11. The summed E-state index contributed by atoms with van der Waals surface area (Å²) in [5, 5.41) is 7.33. The lowest BCUT2D eigenvalue weighted by Crippen LogP contribution is -2.15. The van der Waals surface area contributed by atoms with Crippen LogP contribution in [-0.4, -0.2) is 29.9 Å². The highest BCUT2D eigenvalue weighted by atomic mass is 16.5. The van der Waals surface area contributed by atoms with Gasteiger partial charge in [-0.15, -0.1) is 0 Å². The van der Waals surface area contributed by atoms with Gasteiger partial charge >= 0.3 is 0 Å². The topological polar surface area (TPSA) is 65.4 Å². The van der Waals surface area contributed by atoms with Gasteiger partial charge in [-0.1, -0.05) is 37.3 Å². The van der Waals surface area contributed by atoms with Gasteiger partial charge in [0.15, 0.2) is 11.5 Å². The molecule has 1 heterocycles. The Labute approximate surface area is 158 Å². The van der Waals surface area contributed by atoms with E-state index >= 15 is 0 Å². The van der Waals surface area contributed by atoms with Crippen molar-refractivity contribution in [3.8, 4) is 11.5 Å². The molecule has 3 rings (SSSR count). The van der Waals surface area contributed by atoms with Gasteiger partial charge in [-0.05, 0) is 24.1 Å². The first-order valence-corrected chi connectivity index (χ1v) is 8.78. The fourth-order valence-corrected chi connectivity index (χ4v) is 2.98. The molecule has 1 N–H and O–H groups in total. The Hall–Kier alpha value is -3.28. The average molecular weight is 365 g/mol. The number of carbonyl (C=O) groups excluding carboxylic acids is 1. The Bertz CT molecular complexity index is 920. The number of rotatable bonds is 7. The van der Waals surface area contributed by atoms with Crippen molar-refractivity contribution in [2.24, 2.45) is 0 Å². The van der Waals surface area contributed by atoms with Crippen LogP contribution in [0, 0.1) is 0 Å². The van der Waals surface area contributed by atoms with E-state index in [9.17, 15) is 4.79 Å². The zero-order valence-corrected chi connectivity index (χ0v) is 15.7. The molecule has 2 aromatic carbocycles. The Morgan fingerprint density at radius 1 is 1.07 bits per heavy atom. The molecule has 0 bridgehead atoms. The molecule has 27 heavy (non-hydrogen) atoms. The zero-order chi connectivity index (χ0) is 19.2. The molecule has 1 aromatic heterocycles. The molecule has 0 aliphatic carbocycles. The number of ether oxygens (including phenoxy) is 2. The lowest BCUT2D eigenvalue weighted by atomic mass is 10.1. The molecule has 0 saturated heterocycles. The van der Waals surface area contributed by atoms with E-state index in [1.807, 2.05) is 41.9 Å². The number of nitrogens with zero attached hydrogens (tertiary/aromatic N) is 2. The fraction of sp³-hybridized carbons (Fsp3) is 0.238. The maximum atomic E-state index is 12.8. The van der Waals surface area contributed by atoms with Crippen LogP contribution in [0.1, 0.15) is 28.5 Å². The normalized spacial score (nSPS) is 10.5. The van der Waals surface area contributed by atoms with Crippen molar-refractivity contribution in [1.82, 2.24) is 9.78 Å². The number of nitrogens with one attached hydrogen (secondary N) is 1. The summed E-state index contributed by atoms with van der Waals surface area (Å²) < 4.78 is 12.4. The molecule has 0 aliphatic rings. The standard InChI is InChI=1S/C21H23N3O3/c1-4-18-17(13-22-24(18)14-15-8-6-5-7-9-15)21(25)23-16-10-11-19(26-2)20(12-16)27-3/h5-13H,4,14H2,1-3H3,(H,23,25). The van der Waals surface area contributed by atoms with Gasteiger partial charge in [0.1, 0.15) is 0 Å². The molecule has 6 nitrogen and oxygen atoms in total. The van der Waals surface area contributed by atoms with E-state index < -0.39 is 0 Å². The summed E-state index contributed by atoms with van der Waals surface area (Å²) in [6.45, 7) is 2.65. The Balaban J connectivity index is 1.81. The predicted molar refractivity (Wildman–Crippen MR) is 105 cm³/mol. The highest BCUT2D eigenvalue weighted by Crippen LogP contribution is 2.30. The van der Waals surface area contributed by atoms with Gasteiger partial charge in [-0.25, -0.2) is 0 Å². The van der Waals surface area contributed by atoms with Gasteiger partial charge in [0.2, 0.25) is 0 Å². The lowest BCUT2D eigenvalue weighted by molar-refractivity contribution is 0.102. The second kappa shape index (κ2) is 8.40. The summed E-state index contributed by atoms with van der Waals surface area (Å²) in [6.07, 6.45) is 2.33. The van der Waals surface area contributed by atoms with Gasteiger partial charge < -0.3 is 14.8 Å². The first-order valence-electron chi connectivity index (χ1n) is 8.78. The summed E-state index contributed by atoms with van der Waals surface area (Å²) in [4.78, 5) is 12.8. The molecule has 0 fully saturated rings. The molecule has 0 unspecified atom stereocenters. The van der Waals surface area contributed by atoms with Gasteiger partial charge in [0, 0.05) is 11.8 Å². The van der Waals surface area contributed by atoms with Crippen molar-refractivity contribution in [3.05, 3.63) is 71.5 Å². The van der Waals surface area contributed by atoms with Crippen LogP contribution in [0.5, 0.6) is 11.5 Å². The van der Waals surface area contributed by atoms with Crippen molar-refractivity contribution < 1.29 is 14.3 Å². The monoisotopic (exact) mass is 365 g/mol. The van der Waals surface area contributed by atoms with Gasteiger partial charge in [-0.2, -0.15) is 5.10 Å². The summed E-state index contributed by atoms with van der Waals surface area (Å²) in [5.41, 5.74) is 3.25. The minimum Gasteiger partial charge on any atom is -0.493 e. The number of aromatic nitrogens is 2. The number of benzene rings is 2. The molecular formula is C21H23N3O3. The molecule has 1 amide bonds. The number of methoxy groups -OCH3 is 2. The second-order valence-electron chi connectivity index (χ2n) is 6.03. The van der Waals surface area contributed by atoms with Crippen LogP contribution in [-0.2, 0) is 13.0 Å². The van der Waals surface area contributed by atoms with Crippen LogP contribution in [0.15, 0.2) is 54.7 Å². The van der Waals surface area contributed by atoms with E-state index in [2.05, 4.69) is 10.4 Å². The van der Waals surface area contributed by atoms with Gasteiger partial charge in [0.25, 0.3) is 5.91 Å². The first-order chi connectivity index (χ1) is 13.2. The molecule has 0 atom stereocenters. The minimum absolute atomic E-state index is 0.196. The SMILES string of the molecule is CCc1c(C(=O)Nc2ccc(OC)c(OC)c2)cnn1Cc1ccccc1. The number of carbonyl (C=O) groups is 1. The molecule has 140 valence electrons. The smallest absolute Gasteiger partial charge is 0.259 e. The van der Waals surface area contributed by atoms with Crippen molar-refractivity contribution in [2.45, 2.75) is 19.9 Å². The van der Waals surface area contributed by atoms with Crippen LogP contribution >= 0.6 is 0 Å². The fourth-order valence-electron chi connectivity index (χ4n) is 2.98. The Morgan fingerprint density at radius 2 is 1.81 bits per heavy atom. The molecular weight excluding hydrogens is 342 g/mol. The number of amides is 1. The van der Waals surface area contributed by atoms with Crippen LogP contribution in [0.4, 0.5) is 5.69 Å². The molecule has 0 spiro atoms. The third-order valence-corrected chi connectivity index (χ3v) is 4.34. The highest BCUT2D eigenvalue weighted by Gasteiger charge is 2.17. The van der Waals surface area contributed by atoms with Crippen LogP contribution in [0.25, 0.3) is 0 Å². The number of hydrogen-bond acceptors (Lipinski definition) is 4. The van der Waals surface area contributed by atoms with E-state index in [0.29, 0.717) is 35.7 Å². The quantitative estimate of drug-likeness (QED) is 0.692. The van der Waals surface area contributed by atoms with Crippen molar-refractivity contribution >= 4 is 11.6 Å². The van der Waals surface area contributed by atoms with Crippen molar-refractivity contribution in [1.29, 1.82) is 0 Å². The van der Waals surface area contributed by atoms with Crippen LogP contribution in [0.3, 0.4) is 0 Å². The van der Waals surface area contributed by atoms with Gasteiger partial charge in [0.05, 0.1) is 38.2 Å². The lowest BCUT2D eigenvalue weighted by Gasteiger charge is -2.11. The summed E-state index contributed by atoms with van der Waals surface area (Å²) in [7, 11) is 3.14. The van der Waals surface area contributed by atoms with Crippen molar-refractivity contribution in [2.75, 3.05) is 19.5 Å². The highest BCUT2D eigenvalue weighted by molar-refractivity contribution is 6.05. The zero-order valence-electron chi connectivity index (χ0n) is 15.7. The Morgan fingerprint density at radius 3 is 2.48 bits per heavy atom. The molecule has 6 heteroatoms. The second-order valence-corrected chi connectivity index (χ2v) is 6.03.